The molecule has 0 saturated heterocycles. The minimum Gasteiger partial charge on any atom is -0.489 e. The molecule has 0 aliphatic carbocycles. The van der Waals surface area contributed by atoms with Crippen molar-refractivity contribution in [2.45, 2.75) is 0 Å². The van der Waals surface area contributed by atoms with Crippen molar-refractivity contribution in [2.24, 2.45) is 0 Å². The molecule has 0 bridgehead atoms. The van der Waals surface area contributed by atoms with Crippen LogP contribution in [0, 0.1) is 23.7 Å². The highest BCUT2D eigenvalue weighted by atomic mass is 19.1. The fraction of sp³-hybridized carbons (Fsp3) is 0.176. The summed E-state index contributed by atoms with van der Waals surface area (Å²) in [4.78, 5) is 1.87. The molecular formula is C17H16BF2NO3. The van der Waals surface area contributed by atoms with Gasteiger partial charge in [0.1, 0.15) is 23.1 Å². The third-order valence-electron chi connectivity index (χ3n) is 2.71. The third kappa shape index (κ3) is 6.19. The van der Waals surface area contributed by atoms with E-state index in [0.29, 0.717) is 18.0 Å². The highest BCUT2D eigenvalue weighted by molar-refractivity contribution is 6.39. The van der Waals surface area contributed by atoms with Crippen molar-refractivity contribution in [3.63, 3.8) is 0 Å². The van der Waals surface area contributed by atoms with Crippen LogP contribution in [0.2, 0.25) is 0 Å². The zero-order chi connectivity index (χ0) is 17.4. The van der Waals surface area contributed by atoms with Gasteiger partial charge in [0.25, 0.3) is 0 Å². The molecule has 2 aromatic carbocycles. The number of halogens is 2. The summed E-state index contributed by atoms with van der Waals surface area (Å²) in [6, 6.07) is 10.8. The first-order valence-corrected chi connectivity index (χ1v) is 7.15. The molecule has 0 saturated carbocycles. The van der Waals surface area contributed by atoms with E-state index in [2.05, 4.69) is 12.0 Å². The molecule has 0 radical (unpaired) electrons. The van der Waals surface area contributed by atoms with E-state index in [1.165, 1.54) is 48.5 Å². The van der Waals surface area contributed by atoms with Crippen LogP contribution in [-0.2, 0) is 4.65 Å². The number of benzene rings is 2. The molecular weight excluding hydrogens is 315 g/mol. The standard InChI is InChI=1S/C17H16BF2NO3/c1-21(2)12-3-13-22-18(23-16-8-4-14(19)5-9-16)24-17-10-6-15(20)7-11-17/h4-11H,12H2,1-2H3. The molecule has 0 N–H and O–H groups in total. The summed E-state index contributed by atoms with van der Waals surface area (Å²) in [5.41, 5.74) is 0. The van der Waals surface area contributed by atoms with Gasteiger partial charge in [0, 0.05) is 0 Å². The average Bonchev–Trinajstić information content (AvgIpc) is 2.55. The Kier molecular flexibility index (Phi) is 6.46. The minimum absolute atomic E-state index is 0.345. The molecule has 0 spiro atoms. The van der Waals surface area contributed by atoms with Gasteiger partial charge in [0.15, 0.2) is 0 Å². The summed E-state index contributed by atoms with van der Waals surface area (Å²) >= 11 is 0. The molecule has 0 aromatic heterocycles. The molecule has 2 aromatic rings. The molecule has 0 unspecified atom stereocenters. The zero-order valence-corrected chi connectivity index (χ0v) is 13.3. The van der Waals surface area contributed by atoms with Crippen LogP contribution < -0.4 is 9.31 Å². The molecule has 124 valence electrons. The Labute approximate surface area is 140 Å². The van der Waals surface area contributed by atoms with Gasteiger partial charge >= 0.3 is 7.32 Å². The van der Waals surface area contributed by atoms with Crippen LogP contribution in [-0.4, -0.2) is 32.9 Å². The smallest absolute Gasteiger partial charge is 0.489 e. The maximum absolute atomic E-state index is 13.0. The monoisotopic (exact) mass is 331 g/mol. The van der Waals surface area contributed by atoms with Crippen molar-refractivity contribution < 1.29 is 22.7 Å². The molecule has 0 atom stereocenters. The van der Waals surface area contributed by atoms with Gasteiger partial charge in [-0.3, -0.25) is 4.90 Å². The molecule has 2 rings (SSSR count). The van der Waals surface area contributed by atoms with Crippen molar-refractivity contribution in [3.8, 4) is 23.5 Å². The minimum atomic E-state index is -1.18. The van der Waals surface area contributed by atoms with E-state index < -0.39 is 7.32 Å². The lowest BCUT2D eigenvalue weighted by molar-refractivity contribution is 0.289. The maximum Gasteiger partial charge on any atom is 0.873 e. The highest BCUT2D eigenvalue weighted by Gasteiger charge is 2.29. The second-order valence-electron chi connectivity index (χ2n) is 5.07. The van der Waals surface area contributed by atoms with E-state index in [0.717, 1.165) is 0 Å². The first-order valence-electron chi connectivity index (χ1n) is 7.15. The van der Waals surface area contributed by atoms with Crippen molar-refractivity contribution in [1.82, 2.24) is 4.90 Å². The molecule has 0 aliphatic heterocycles. The Morgan fingerprint density at radius 3 is 1.75 bits per heavy atom. The van der Waals surface area contributed by atoms with Crippen molar-refractivity contribution >= 4 is 7.32 Å². The lowest BCUT2D eigenvalue weighted by Crippen LogP contribution is -2.32. The van der Waals surface area contributed by atoms with Crippen LogP contribution in [0.4, 0.5) is 8.78 Å². The molecule has 24 heavy (non-hydrogen) atoms. The summed E-state index contributed by atoms with van der Waals surface area (Å²) < 4.78 is 42.1. The fourth-order valence-electron chi connectivity index (χ4n) is 1.60. The predicted molar refractivity (Wildman–Crippen MR) is 87.2 cm³/mol. The van der Waals surface area contributed by atoms with E-state index in [1.54, 1.807) is 0 Å². The summed E-state index contributed by atoms with van der Waals surface area (Å²) in [5.74, 6) is 2.70. The van der Waals surface area contributed by atoms with Crippen LogP contribution in [0.5, 0.6) is 11.5 Å². The molecule has 0 amide bonds. The van der Waals surface area contributed by atoms with Crippen LogP contribution in [0.3, 0.4) is 0 Å². The molecule has 0 aliphatic rings. The van der Waals surface area contributed by atoms with E-state index >= 15 is 0 Å². The van der Waals surface area contributed by atoms with E-state index in [9.17, 15) is 8.78 Å². The first kappa shape index (κ1) is 17.6. The highest BCUT2D eigenvalue weighted by Crippen LogP contribution is 2.16. The summed E-state index contributed by atoms with van der Waals surface area (Å²) in [7, 11) is 2.56. The Balaban J connectivity index is 2.05. The van der Waals surface area contributed by atoms with Crippen molar-refractivity contribution in [2.75, 3.05) is 20.6 Å². The van der Waals surface area contributed by atoms with Crippen LogP contribution in [0.25, 0.3) is 0 Å². The number of rotatable bonds is 6. The Hall–Kier alpha value is -2.72. The molecule has 4 nitrogen and oxygen atoms in total. The number of hydrogen-bond acceptors (Lipinski definition) is 4. The van der Waals surface area contributed by atoms with Gasteiger partial charge in [-0.25, -0.2) is 8.78 Å². The first-order chi connectivity index (χ1) is 11.5. The van der Waals surface area contributed by atoms with Crippen molar-refractivity contribution in [1.29, 1.82) is 0 Å². The van der Waals surface area contributed by atoms with E-state index in [-0.39, 0.29) is 11.6 Å². The van der Waals surface area contributed by atoms with Gasteiger partial charge < -0.3 is 14.0 Å². The predicted octanol–water partition coefficient (Wildman–Crippen LogP) is 2.95. The SMILES string of the molecule is CN(C)CC#COB(Oc1ccc(F)cc1)Oc1ccc(F)cc1. The van der Waals surface area contributed by atoms with Crippen LogP contribution >= 0.6 is 0 Å². The second-order valence-corrected chi connectivity index (χ2v) is 5.07. The summed E-state index contributed by atoms with van der Waals surface area (Å²) in [5, 5.41) is 0. The second kappa shape index (κ2) is 8.80. The van der Waals surface area contributed by atoms with E-state index in [4.69, 9.17) is 14.0 Å². The topological polar surface area (TPSA) is 30.9 Å². The zero-order valence-electron chi connectivity index (χ0n) is 13.3. The summed E-state index contributed by atoms with van der Waals surface area (Å²) in [6.07, 6.45) is 2.49. The average molecular weight is 331 g/mol. The Morgan fingerprint density at radius 2 is 1.33 bits per heavy atom. The molecule has 0 heterocycles. The van der Waals surface area contributed by atoms with Gasteiger partial charge in [0.2, 0.25) is 0 Å². The normalized spacial score (nSPS) is 9.88. The summed E-state index contributed by atoms with van der Waals surface area (Å²) in [6.45, 7) is 0.500. The third-order valence-corrected chi connectivity index (χ3v) is 2.71. The van der Waals surface area contributed by atoms with Gasteiger partial charge in [-0.05, 0) is 68.5 Å². The van der Waals surface area contributed by atoms with Gasteiger partial charge in [-0.15, -0.1) is 0 Å². The fourth-order valence-corrected chi connectivity index (χ4v) is 1.60. The Bertz CT molecular complexity index is 649. The quantitative estimate of drug-likeness (QED) is 0.602. The molecule has 7 heteroatoms. The van der Waals surface area contributed by atoms with Gasteiger partial charge in [0.05, 0.1) is 12.7 Å². The van der Waals surface area contributed by atoms with E-state index in [1.807, 2.05) is 19.0 Å². The van der Waals surface area contributed by atoms with Gasteiger partial charge in [-0.2, -0.15) is 0 Å². The maximum atomic E-state index is 13.0. The van der Waals surface area contributed by atoms with Crippen LogP contribution in [0.1, 0.15) is 0 Å². The largest absolute Gasteiger partial charge is 0.873 e. The molecule has 0 fully saturated rings. The lowest BCUT2D eigenvalue weighted by atomic mass is 10.2. The number of hydrogen-bond donors (Lipinski definition) is 0. The van der Waals surface area contributed by atoms with Crippen LogP contribution in [0.15, 0.2) is 48.5 Å². The van der Waals surface area contributed by atoms with Gasteiger partial charge in [-0.1, -0.05) is 0 Å². The van der Waals surface area contributed by atoms with Crippen molar-refractivity contribution in [3.05, 3.63) is 60.2 Å². The number of nitrogens with zero attached hydrogens (tertiary/aromatic N) is 1. The lowest BCUT2D eigenvalue weighted by Gasteiger charge is -2.13. The Morgan fingerprint density at radius 1 is 0.875 bits per heavy atom.